The zero-order chi connectivity index (χ0) is 26.0. The minimum atomic E-state index is 0.256. The lowest BCUT2D eigenvalue weighted by atomic mass is 9.53. The highest BCUT2D eigenvalue weighted by molar-refractivity contribution is 5.83. The molecule has 2 atom stereocenters. The Morgan fingerprint density at radius 3 is 1.34 bits per heavy atom. The van der Waals surface area contributed by atoms with Gasteiger partial charge in [0.15, 0.2) is 0 Å². The minimum absolute atomic E-state index is 0.256. The van der Waals surface area contributed by atoms with Gasteiger partial charge in [0.25, 0.3) is 0 Å². The third-order valence-electron chi connectivity index (χ3n) is 9.45. The first-order chi connectivity index (χ1) is 18.4. The molecule has 0 heterocycles. The lowest BCUT2D eigenvalue weighted by molar-refractivity contribution is 0.0937. The normalized spacial score (nSPS) is 20.3. The van der Waals surface area contributed by atoms with Crippen LogP contribution in [0.3, 0.4) is 0 Å². The molecule has 0 bridgehead atoms. The van der Waals surface area contributed by atoms with Gasteiger partial charge in [-0.05, 0) is 90.5 Å². The fraction of sp³-hybridized carbons (Fsp3) is 0.263. The van der Waals surface area contributed by atoms with Crippen LogP contribution in [0.2, 0.25) is 0 Å². The summed E-state index contributed by atoms with van der Waals surface area (Å²) in [5, 5.41) is 0. The van der Waals surface area contributed by atoms with E-state index in [2.05, 4.69) is 125 Å². The van der Waals surface area contributed by atoms with Crippen LogP contribution in [-0.4, -0.2) is 0 Å². The Morgan fingerprint density at radius 2 is 0.974 bits per heavy atom. The maximum Gasteiger partial charge on any atom is 0.00928 e. The predicted molar refractivity (Wildman–Crippen MR) is 163 cm³/mol. The van der Waals surface area contributed by atoms with Crippen molar-refractivity contribution in [1.29, 1.82) is 0 Å². The molecule has 3 aliphatic rings. The molecular weight excluding hydrogens is 456 g/mol. The molecule has 188 valence electrons. The largest absolute Gasteiger partial charge is 0.0758 e. The molecule has 0 nitrogen and oxygen atoms in total. The second kappa shape index (κ2) is 8.70. The first kappa shape index (κ1) is 23.5. The molecule has 0 N–H and O–H groups in total. The highest BCUT2D eigenvalue weighted by Gasteiger charge is 2.51. The van der Waals surface area contributed by atoms with E-state index in [1.807, 2.05) is 0 Å². The highest BCUT2D eigenvalue weighted by atomic mass is 14.5. The first-order valence-electron chi connectivity index (χ1n) is 14.2. The Balaban J connectivity index is 1.30. The first-order valence-corrected chi connectivity index (χ1v) is 14.2. The van der Waals surface area contributed by atoms with E-state index in [1.165, 1.54) is 86.0 Å². The lowest BCUT2D eigenvalue weighted by Gasteiger charge is -2.51. The summed E-state index contributed by atoms with van der Waals surface area (Å²) in [6.07, 6.45) is 13.8. The molecule has 4 aromatic carbocycles. The number of aryl methyl sites for hydroxylation is 4. The lowest BCUT2D eigenvalue weighted by Crippen LogP contribution is -2.39. The van der Waals surface area contributed by atoms with Crippen molar-refractivity contribution >= 4 is 12.2 Å². The summed E-state index contributed by atoms with van der Waals surface area (Å²) < 4.78 is 0. The zero-order valence-corrected chi connectivity index (χ0v) is 23.0. The third kappa shape index (κ3) is 3.57. The molecule has 0 amide bonds. The van der Waals surface area contributed by atoms with Gasteiger partial charge in [-0.3, -0.25) is 0 Å². The van der Waals surface area contributed by atoms with Crippen molar-refractivity contribution in [3.8, 4) is 22.3 Å². The smallest absolute Gasteiger partial charge is 0.00928 e. The minimum Gasteiger partial charge on any atom is -0.0758 e. The van der Waals surface area contributed by atoms with E-state index in [0.717, 1.165) is 0 Å². The Kier molecular flexibility index (Phi) is 5.38. The Hall–Kier alpha value is -3.64. The summed E-state index contributed by atoms with van der Waals surface area (Å²) in [6.45, 7) is 8.82. The van der Waals surface area contributed by atoms with Crippen LogP contribution in [-0.2, 0) is 0 Å². The molecule has 0 spiro atoms. The summed E-state index contributed by atoms with van der Waals surface area (Å²) in [6, 6.07) is 27.9. The van der Waals surface area contributed by atoms with Gasteiger partial charge in [-0.15, -0.1) is 0 Å². The van der Waals surface area contributed by atoms with E-state index in [9.17, 15) is 0 Å². The fourth-order valence-electron chi connectivity index (χ4n) is 7.84. The van der Waals surface area contributed by atoms with E-state index in [-0.39, 0.29) is 5.41 Å². The molecular formula is C38H36. The zero-order valence-electron chi connectivity index (χ0n) is 23.0. The van der Waals surface area contributed by atoms with Gasteiger partial charge in [0.05, 0.1) is 0 Å². The molecule has 4 aromatic rings. The van der Waals surface area contributed by atoms with Crippen molar-refractivity contribution in [2.45, 2.75) is 58.8 Å². The standard InChI is InChI=1S/C38H36/c1-24-18-25(2)21-28(20-24)30-8-5-10-34-32(30)12-14-36(34)38(16-7-17-38)37-15-13-33-31(9-6-11-35(33)37)29-22-26(3)19-27(4)23-29/h5-6,8-15,18-23,36-37H,7,16-17H2,1-4H3. The summed E-state index contributed by atoms with van der Waals surface area (Å²) in [7, 11) is 0. The van der Waals surface area contributed by atoms with Gasteiger partial charge in [0.1, 0.15) is 0 Å². The summed E-state index contributed by atoms with van der Waals surface area (Å²) in [5.74, 6) is 0.921. The topological polar surface area (TPSA) is 0 Å². The van der Waals surface area contributed by atoms with E-state index in [1.54, 1.807) is 0 Å². The monoisotopic (exact) mass is 492 g/mol. The van der Waals surface area contributed by atoms with Gasteiger partial charge in [-0.1, -0.05) is 126 Å². The van der Waals surface area contributed by atoms with Gasteiger partial charge >= 0.3 is 0 Å². The molecule has 1 fully saturated rings. The van der Waals surface area contributed by atoms with E-state index >= 15 is 0 Å². The molecule has 0 heteroatoms. The van der Waals surface area contributed by atoms with Crippen molar-refractivity contribution in [1.82, 2.24) is 0 Å². The number of hydrogen-bond donors (Lipinski definition) is 0. The average molecular weight is 493 g/mol. The Labute approximate surface area is 227 Å². The van der Waals surface area contributed by atoms with Crippen LogP contribution in [0, 0.1) is 33.1 Å². The van der Waals surface area contributed by atoms with Crippen LogP contribution in [0.5, 0.6) is 0 Å². The third-order valence-corrected chi connectivity index (χ3v) is 9.45. The van der Waals surface area contributed by atoms with Crippen molar-refractivity contribution in [2.24, 2.45) is 5.41 Å². The van der Waals surface area contributed by atoms with E-state index < -0.39 is 0 Å². The quantitative estimate of drug-likeness (QED) is 0.266. The summed E-state index contributed by atoms with van der Waals surface area (Å²) in [4.78, 5) is 0. The van der Waals surface area contributed by atoms with Crippen LogP contribution in [0.25, 0.3) is 34.4 Å². The molecule has 3 aliphatic carbocycles. The molecule has 0 saturated heterocycles. The maximum absolute atomic E-state index is 2.54. The van der Waals surface area contributed by atoms with Crippen LogP contribution in [0.4, 0.5) is 0 Å². The number of benzene rings is 4. The van der Waals surface area contributed by atoms with Gasteiger partial charge < -0.3 is 0 Å². The molecule has 38 heavy (non-hydrogen) atoms. The van der Waals surface area contributed by atoms with Crippen molar-refractivity contribution in [2.75, 3.05) is 0 Å². The molecule has 1 saturated carbocycles. The Bertz CT molecular complexity index is 1480. The summed E-state index contributed by atoms with van der Waals surface area (Å²) in [5.41, 5.74) is 16.9. The van der Waals surface area contributed by atoms with Crippen LogP contribution < -0.4 is 0 Å². The molecule has 0 aliphatic heterocycles. The van der Waals surface area contributed by atoms with Crippen LogP contribution in [0.1, 0.15) is 75.6 Å². The number of fused-ring (bicyclic) bond motifs is 2. The van der Waals surface area contributed by atoms with Gasteiger partial charge in [0.2, 0.25) is 0 Å². The SMILES string of the molecule is Cc1cc(C)cc(-c2cccc3c2C=CC3C2(C3C=Cc4c(-c5cc(C)cc(C)c5)cccc43)CCC2)c1. The van der Waals surface area contributed by atoms with Crippen LogP contribution >= 0.6 is 0 Å². The fourth-order valence-corrected chi connectivity index (χ4v) is 7.84. The van der Waals surface area contributed by atoms with Crippen molar-refractivity contribution in [3.63, 3.8) is 0 Å². The second-order valence-electron chi connectivity index (χ2n) is 12.1. The second-order valence-corrected chi connectivity index (χ2v) is 12.1. The van der Waals surface area contributed by atoms with E-state index in [0.29, 0.717) is 11.8 Å². The van der Waals surface area contributed by atoms with Crippen molar-refractivity contribution < 1.29 is 0 Å². The number of rotatable bonds is 4. The van der Waals surface area contributed by atoms with Gasteiger partial charge in [-0.2, -0.15) is 0 Å². The van der Waals surface area contributed by atoms with Crippen LogP contribution in [0.15, 0.2) is 84.9 Å². The van der Waals surface area contributed by atoms with Gasteiger partial charge in [-0.25, -0.2) is 0 Å². The molecule has 2 unspecified atom stereocenters. The molecule has 0 radical (unpaired) electrons. The van der Waals surface area contributed by atoms with E-state index in [4.69, 9.17) is 0 Å². The average Bonchev–Trinajstić information content (AvgIpc) is 3.48. The molecule has 7 rings (SSSR count). The molecule has 0 aromatic heterocycles. The Morgan fingerprint density at radius 1 is 0.553 bits per heavy atom. The van der Waals surface area contributed by atoms with Gasteiger partial charge in [0, 0.05) is 11.8 Å². The highest BCUT2D eigenvalue weighted by Crippen LogP contribution is 2.64. The predicted octanol–water partition coefficient (Wildman–Crippen LogP) is 10.3. The van der Waals surface area contributed by atoms with Crippen molar-refractivity contribution in [3.05, 3.63) is 129 Å². The number of hydrogen-bond acceptors (Lipinski definition) is 0. The summed E-state index contributed by atoms with van der Waals surface area (Å²) >= 11 is 0. The maximum atomic E-state index is 2.54. The number of allylic oxidation sites excluding steroid dienone is 2.